The Kier molecular flexibility index (Phi) is 16.0. The fourth-order valence-electron chi connectivity index (χ4n) is 6.77. The zero-order valence-corrected chi connectivity index (χ0v) is 26.8. The highest BCUT2D eigenvalue weighted by Crippen LogP contribution is 2.30. The summed E-state index contributed by atoms with van der Waals surface area (Å²) >= 11 is 0. The molecule has 0 aromatic carbocycles. The third-order valence-corrected chi connectivity index (χ3v) is 9.79. The van der Waals surface area contributed by atoms with Gasteiger partial charge in [0.1, 0.15) is 36.6 Å². The highest BCUT2D eigenvalue weighted by Gasteiger charge is 2.45. The van der Waals surface area contributed by atoms with Crippen molar-refractivity contribution >= 4 is 0 Å². The lowest BCUT2D eigenvalue weighted by molar-refractivity contribution is -0.247. The molecule has 0 bridgehead atoms. The number of aliphatic hydroxyl groups is 11. The zero-order valence-electron chi connectivity index (χ0n) is 26.8. The molecule has 17 unspecified atom stereocenters. The molecule has 4 rings (SSSR count). The molecule has 11 N–H and O–H groups in total. The predicted molar refractivity (Wildman–Crippen MR) is 158 cm³/mol. The predicted octanol–water partition coefficient (Wildman–Crippen LogP) is -5.79. The molecule has 282 valence electrons. The van der Waals surface area contributed by atoms with Crippen LogP contribution in [0.4, 0.5) is 0 Å². The molecule has 0 spiro atoms. The molecule has 0 saturated carbocycles. The van der Waals surface area contributed by atoms with Crippen LogP contribution in [0.1, 0.15) is 19.3 Å². The Balaban J connectivity index is 1.19. The van der Waals surface area contributed by atoms with Crippen molar-refractivity contribution in [3.63, 3.8) is 0 Å². The molecule has 4 heterocycles. The van der Waals surface area contributed by atoms with Crippen LogP contribution in [-0.2, 0) is 33.2 Å². The van der Waals surface area contributed by atoms with Crippen LogP contribution in [-0.4, -0.2) is 208 Å². The van der Waals surface area contributed by atoms with Crippen molar-refractivity contribution in [3.05, 3.63) is 0 Å². The van der Waals surface area contributed by atoms with Gasteiger partial charge in [-0.3, -0.25) is 0 Å². The minimum absolute atomic E-state index is 0.00339. The maximum Gasteiger partial charge on any atom is 0.181 e. The van der Waals surface area contributed by atoms with E-state index in [4.69, 9.17) is 33.2 Å². The van der Waals surface area contributed by atoms with Gasteiger partial charge in [0.05, 0.1) is 109 Å². The highest BCUT2D eigenvalue weighted by molar-refractivity contribution is 4.93. The summed E-state index contributed by atoms with van der Waals surface area (Å²) in [4.78, 5) is 0. The maximum absolute atomic E-state index is 10.8. The van der Waals surface area contributed by atoms with E-state index in [9.17, 15) is 56.2 Å². The molecule has 0 aliphatic carbocycles. The molecule has 4 aliphatic heterocycles. The van der Waals surface area contributed by atoms with Crippen molar-refractivity contribution in [2.24, 2.45) is 17.8 Å². The standard InChI is InChI=1S/C30H54O18/c31-4-21-14(1-17(35)25(45-21)11-42-9-15-2-20(38)30(41)48-22(15)5-32)8-43-13-27-29(40)28(39)16(23(6-33)46-27)10-44-12-26-19(37)3-18(36)24(7-34)47-26/h14-41H,1-13H2. The van der Waals surface area contributed by atoms with Crippen molar-refractivity contribution in [1.82, 2.24) is 0 Å². The van der Waals surface area contributed by atoms with Crippen LogP contribution < -0.4 is 0 Å². The second-order valence-electron chi connectivity index (χ2n) is 13.2. The van der Waals surface area contributed by atoms with Crippen molar-refractivity contribution in [2.75, 3.05) is 66.1 Å². The van der Waals surface area contributed by atoms with Crippen LogP contribution in [0.5, 0.6) is 0 Å². The third-order valence-electron chi connectivity index (χ3n) is 9.79. The van der Waals surface area contributed by atoms with Crippen LogP contribution in [0, 0.1) is 17.8 Å². The molecule has 0 amide bonds. The summed E-state index contributed by atoms with van der Waals surface area (Å²) in [6.07, 6.45) is -13.8. The summed E-state index contributed by atoms with van der Waals surface area (Å²) in [5.41, 5.74) is 0. The van der Waals surface area contributed by atoms with E-state index in [1.165, 1.54) is 0 Å². The lowest BCUT2D eigenvalue weighted by atomic mass is 9.87. The first-order valence-electron chi connectivity index (χ1n) is 16.6. The molecule has 4 saturated heterocycles. The minimum atomic E-state index is -1.40. The fourth-order valence-corrected chi connectivity index (χ4v) is 6.77. The highest BCUT2D eigenvalue weighted by atomic mass is 16.6. The van der Waals surface area contributed by atoms with Crippen LogP contribution in [0.25, 0.3) is 0 Å². The van der Waals surface area contributed by atoms with Gasteiger partial charge in [-0.2, -0.15) is 0 Å². The summed E-state index contributed by atoms with van der Waals surface area (Å²) in [5, 5.41) is 111. The second-order valence-corrected chi connectivity index (χ2v) is 13.2. The molecule has 0 aromatic rings. The van der Waals surface area contributed by atoms with E-state index >= 15 is 0 Å². The van der Waals surface area contributed by atoms with Crippen molar-refractivity contribution in [2.45, 2.75) is 105 Å². The van der Waals surface area contributed by atoms with E-state index in [0.717, 1.165) is 0 Å². The average Bonchev–Trinajstić information content (AvgIpc) is 3.07. The van der Waals surface area contributed by atoms with Crippen molar-refractivity contribution in [1.29, 1.82) is 0 Å². The SMILES string of the molecule is OCC1OC(COCC2C(CO)OC(COCC3CC(O)C(COCC4CC(O)C(O)OC4CO)OC3CO)C(O)C2O)C(O)CC1O. The topological polar surface area (TPSA) is 287 Å². The van der Waals surface area contributed by atoms with Gasteiger partial charge in [0.25, 0.3) is 0 Å². The average molecular weight is 703 g/mol. The Morgan fingerprint density at radius 1 is 0.396 bits per heavy atom. The Bertz CT molecular complexity index is 917. The van der Waals surface area contributed by atoms with E-state index in [2.05, 4.69) is 0 Å². The van der Waals surface area contributed by atoms with Gasteiger partial charge in [-0.15, -0.1) is 0 Å². The number of ether oxygens (including phenoxy) is 7. The zero-order chi connectivity index (χ0) is 35.0. The van der Waals surface area contributed by atoms with Crippen molar-refractivity contribution in [3.8, 4) is 0 Å². The minimum Gasteiger partial charge on any atom is -0.394 e. The number of aliphatic hydroxyl groups excluding tert-OH is 11. The van der Waals surface area contributed by atoms with E-state index in [1.807, 2.05) is 0 Å². The van der Waals surface area contributed by atoms with E-state index in [1.54, 1.807) is 0 Å². The summed E-state index contributed by atoms with van der Waals surface area (Å²) in [6.45, 7) is -2.08. The molecule has 17 atom stereocenters. The van der Waals surface area contributed by atoms with E-state index in [0.29, 0.717) is 0 Å². The molecule has 0 aromatic heterocycles. The van der Waals surface area contributed by atoms with Gasteiger partial charge in [-0.25, -0.2) is 0 Å². The first-order valence-corrected chi connectivity index (χ1v) is 16.6. The summed E-state index contributed by atoms with van der Waals surface area (Å²) in [6, 6.07) is 0. The van der Waals surface area contributed by atoms with Crippen LogP contribution in [0.15, 0.2) is 0 Å². The lowest BCUT2D eigenvalue weighted by Crippen LogP contribution is -2.58. The van der Waals surface area contributed by atoms with Gasteiger partial charge in [-0.1, -0.05) is 0 Å². The monoisotopic (exact) mass is 702 g/mol. The van der Waals surface area contributed by atoms with Gasteiger partial charge in [0.15, 0.2) is 6.29 Å². The molecule has 18 nitrogen and oxygen atoms in total. The number of rotatable bonds is 16. The van der Waals surface area contributed by atoms with Gasteiger partial charge < -0.3 is 89.3 Å². The lowest BCUT2D eigenvalue weighted by Gasteiger charge is -2.43. The molecular weight excluding hydrogens is 648 g/mol. The number of hydrogen-bond donors (Lipinski definition) is 11. The number of hydrogen-bond acceptors (Lipinski definition) is 18. The third kappa shape index (κ3) is 10.2. The van der Waals surface area contributed by atoms with E-state index in [-0.39, 0.29) is 72.1 Å². The van der Waals surface area contributed by atoms with Crippen LogP contribution in [0.3, 0.4) is 0 Å². The molecule has 0 radical (unpaired) electrons. The van der Waals surface area contributed by atoms with Gasteiger partial charge >= 0.3 is 0 Å². The first-order chi connectivity index (χ1) is 23.0. The summed E-state index contributed by atoms with van der Waals surface area (Å²) in [5.74, 6) is -1.67. The van der Waals surface area contributed by atoms with Crippen molar-refractivity contribution < 1.29 is 89.3 Å². The molecule has 4 fully saturated rings. The quantitative estimate of drug-likeness (QED) is 0.0714. The Hall–Kier alpha value is -0.720. The first kappa shape index (κ1) is 40.1. The molecule has 48 heavy (non-hydrogen) atoms. The largest absolute Gasteiger partial charge is 0.394 e. The molecular formula is C30H54O18. The van der Waals surface area contributed by atoms with Crippen LogP contribution >= 0.6 is 0 Å². The summed E-state index contributed by atoms with van der Waals surface area (Å²) < 4.78 is 39.5. The molecule has 4 aliphatic rings. The van der Waals surface area contributed by atoms with E-state index < -0.39 is 117 Å². The summed E-state index contributed by atoms with van der Waals surface area (Å²) in [7, 11) is 0. The van der Waals surface area contributed by atoms with Crippen LogP contribution in [0.2, 0.25) is 0 Å². The van der Waals surface area contributed by atoms with Gasteiger partial charge in [0.2, 0.25) is 0 Å². The second kappa shape index (κ2) is 19.2. The smallest absolute Gasteiger partial charge is 0.181 e. The Labute approximate surface area is 278 Å². The normalized spacial score (nSPS) is 45.7. The Morgan fingerprint density at radius 2 is 0.833 bits per heavy atom. The van der Waals surface area contributed by atoms with Gasteiger partial charge in [-0.05, 0) is 12.8 Å². The maximum atomic E-state index is 10.8. The van der Waals surface area contributed by atoms with Gasteiger partial charge in [0, 0.05) is 24.2 Å². The Morgan fingerprint density at radius 3 is 1.42 bits per heavy atom. The molecule has 18 heteroatoms. The fraction of sp³-hybridized carbons (Fsp3) is 1.00.